The third kappa shape index (κ3) is 8.08. The molecule has 6 nitrogen and oxygen atoms in total. The van der Waals surface area contributed by atoms with Crippen molar-refractivity contribution in [2.45, 2.75) is 32.9 Å². The molecule has 1 saturated heterocycles. The molecule has 1 heterocycles. The molecular formula is C20H35FIN5O. The van der Waals surface area contributed by atoms with Crippen LogP contribution in [-0.2, 0) is 0 Å². The van der Waals surface area contributed by atoms with E-state index in [0.29, 0.717) is 12.6 Å². The summed E-state index contributed by atoms with van der Waals surface area (Å²) in [7, 11) is 1.75. The second-order valence-corrected chi connectivity index (χ2v) is 7.01. The van der Waals surface area contributed by atoms with Gasteiger partial charge in [-0.2, -0.15) is 0 Å². The fourth-order valence-electron chi connectivity index (χ4n) is 3.15. The number of rotatable bonds is 8. The van der Waals surface area contributed by atoms with E-state index in [1.54, 1.807) is 25.2 Å². The molecule has 1 aromatic carbocycles. The van der Waals surface area contributed by atoms with Crippen LogP contribution in [0, 0.1) is 5.82 Å². The average Bonchev–Trinajstić information content (AvgIpc) is 2.69. The van der Waals surface area contributed by atoms with Gasteiger partial charge in [0.05, 0.1) is 6.54 Å². The molecule has 2 rings (SSSR count). The Balaban J connectivity index is 0.00000392. The van der Waals surface area contributed by atoms with Crippen LogP contribution in [0.2, 0.25) is 0 Å². The normalized spacial score (nSPS) is 18.1. The summed E-state index contributed by atoms with van der Waals surface area (Å²) in [5.41, 5.74) is 0. The minimum absolute atomic E-state index is 0. The Labute approximate surface area is 185 Å². The lowest BCUT2D eigenvalue weighted by Crippen LogP contribution is -2.53. The van der Waals surface area contributed by atoms with E-state index in [1.807, 2.05) is 6.92 Å². The highest BCUT2D eigenvalue weighted by molar-refractivity contribution is 14.0. The molecule has 160 valence electrons. The van der Waals surface area contributed by atoms with Crippen LogP contribution < -0.4 is 15.4 Å². The molecular weight excluding hydrogens is 472 g/mol. The van der Waals surface area contributed by atoms with Crippen molar-refractivity contribution in [2.75, 3.05) is 52.9 Å². The van der Waals surface area contributed by atoms with Crippen molar-refractivity contribution in [1.29, 1.82) is 0 Å². The van der Waals surface area contributed by atoms with Gasteiger partial charge in [0.1, 0.15) is 6.10 Å². The monoisotopic (exact) mass is 507 g/mol. The van der Waals surface area contributed by atoms with Crippen molar-refractivity contribution in [3.8, 4) is 5.75 Å². The van der Waals surface area contributed by atoms with Gasteiger partial charge in [0.15, 0.2) is 17.5 Å². The fourth-order valence-corrected chi connectivity index (χ4v) is 3.15. The molecule has 1 fully saturated rings. The minimum Gasteiger partial charge on any atom is -0.486 e. The Morgan fingerprint density at radius 2 is 1.79 bits per heavy atom. The van der Waals surface area contributed by atoms with E-state index in [2.05, 4.69) is 39.3 Å². The third-order valence-electron chi connectivity index (χ3n) is 4.99. The van der Waals surface area contributed by atoms with Gasteiger partial charge in [0.25, 0.3) is 0 Å². The second kappa shape index (κ2) is 13.2. The molecule has 2 unspecified atom stereocenters. The molecule has 0 saturated carbocycles. The van der Waals surface area contributed by atoms with Crippen LogP contribution in [0.3, 0.4) is 0 Å². The fraction of sp³-hybridized carbons (Fsp3) is 0.650. The van der Waals surface area contributed by atoms with E-state index in [1.165, 1.54) is 6.07 Å². The first kappa shape index (κ1) is 24.9. The highest BCUT2D eigenvalue weighted by atomic mass is 127. The number of para-hydroxylation sites is 1. The number of guanidine groups is 1. The second-order valence-electron chi connectivity index (χ2n) is 7.01. The maximum atomic E-state index is 13.7. The molecule has 1 aliphatic heterocycles. The predicted molar refractivity (Wildman–Crippen MR) is 124 cm³/mol. The number of ether oxygens (including phenoxy) is 1. The Morgan fingerprint density at radius 3 is 2.39 bits per heavy atom. The Morgan fingerprint density at radius 1 is 1.14 bits per heavy atom. The van der Waals surface area contributed by atoms with Gasteiger partial charge in [-0.3, -0.25) is 9.89 Å². The summed E-state index contributed by atoms with van der Waals surface area (Å²) < 4.78 is 19.3. The van der Waals surface area contributed by atoms with Gasteiger partial charge in [-0.1, -0.05) is 19.1 Å². The number of likely N-dealkylation sites (N-methyl/N-ethyl adjacent to an activating group) is 1. The van der Waals surface area contributed by atoms with E-state index in [-0.39, 0.29) is 41.6 Å². The summed E-state index contributed by atoms with van der Waals surface area (Å²) in [6.45, 7) is 13.3. The highest BCUT2D eigenvalue weighted by Gasteiger charge is 2.20. The average molecular weight is 507 g/mol. The van der Waals surface area contributed by atoms with Crippen molar-refractivity contribution in [3.05, 3.63) is 30.1 Å². The molecule has 0 spiro atoms. The Kier molecular flexibility index (Phi) is 11.7. The number of nitrogens with zero attached hydrogens (tertiary/aromatic N) is 3. The van der Waals surface area contributed by atoms with Crippen molar-refractivity contribution in [1.82, 2.24) is 20.4 Å². The quantitative estimate of drug-likeness (QED) is 0.322. The van der Waals surface area contributed by atoms with Crippen LogP contribution in [0.15, 0.2) is 29.3 Å². The first-order chi connectivity index (χ1) is 13.0. The molecule has 0 radical (unpaired) electrons. The van der Waals surface area contributed by atoms with Crippen LogP contribution >= 0.6 is 24.0 Å². The summed E-state index contributed by atoms with van der Waals surface area (Å²) in [6.07, 6.45) is -0.181. The van der Waals surface area contributed by atoms with Crippen molar-refractivity contribution in [3.63, 3.8) is 0 Å². The molecule has 1 aliphatic rings. The van der Waals surface area contributed by atoms with E-state index >= 15 is 0 Å². The molecule has 2 N–H and O–H groups in total. The highest BCUT2D eigenvalue weighted by Crippen LogP contribution is 2.16. The largest absolute Gasteiger partial charge is 0.486 e. The van der Waals surface area contributed by atoms with Crippen LogP contribution in [-0.4, -0.2) is 80.8 Å². The van der Waals surface area contributed by atoms with Crippen molar-refractivity contribution in [2.24, 2.45) is 4.99 Å². The Hall–Kier alpha value is -1.13. The van der Waals surface area contributed by atoms with Crippen LogP contribution in [0.25, 0.3) is 0 Å². The van der Waals surface area contributed by atoms with Crippen LogP contribution in [0.4, 0.5) is 4.39 Å². The molecule has 1 aromatic rings. The molecule has 8 heteroatoms. The zero-order valence-electron chi connectivity index (χ0n) is 17.4. The number of nitrogens with one attached hydrogen (secondary N) is 2. The maximum absolute atomic E-state index is 13.7. The van der Waals surface area contributed by atoms with Gasteiger partial charge in [-0.05, 0) is 32.5 Å². The SMILES string of the molecule is CCN1CCN(C(C)CNC(=NC)NCC(C)Oc2ccccc2F)CC1.I. The molecule has 0 amide bonds. The number of piperazine rings is 1. The van der Waals surface area contributed by atoms with E-state index in [9.17, 15) is 4.39 Å². The standard InChI is InChI=1S/C20H34FN5O.HI/c1-5-25-10-12-26(13-11-25)16(2)14-23-20(22-4)24-15-17(3)27-19-9-7-6-8-18(19)21;/h6-9,16-17H,5,10-15H2,1-4H3,(H2,22,23,24);1H. The zero-order valence-corrected chi connectivity index (χ0v) is 19.8. The van der Waals surface area contributed by atoms with Crippen molar-refractivity contribution < 1.29 is 9.13 Å². The smallest absolute Gasteiger partial charge is 0.191 e. The van der Waals surface area contributed by atoms with Crippen molar-refractivity contribution >= 4 is 29.9 Å². The third-order valence-corrected chi connectivity index (χ3v) is 4.99. The van der Waals surface area contributed by atoms with Crippen LogP contribution in [0.5, 0.6) is 5.75 Å². The first-order valence-electron chi connectivity index (χ1n) is 9.85. The van der Waals surface area contributed by atoms with E-state index in [0.717, 1.165) is 45.2 Å². The molecule has 0 bridgehead atoms. The lowest BCUT2D eigenvalue weighted by atomic mass is 10.2. The van der Waals surface area contributed by atoms with Gasteiger partial charge in [-0.15, -0.1) is 24.0 Å². The van der Waals surface area contributed by atoms with Gasteiger partial charge in [0.2, 0.25) is 0 Å². The summed E-state index contributed by atoms with van der Waals surface area (Å²) in [6, 6.07) is 6.90. The van der Waals surface area contributed by atoms with E-state index in [4.69, 9.17) is 4.74 Å². The predicted octanol–water partition coefficient (Wildman–Crippen LogP) is 2.40. The number of aliphatic imine (C=N–C) groups is 1. The summed E-state index contributed by atoms with van der Waals surface area (Å²) >= 11 is 0. The number of benzene rings is 1. The lowest BCUT2D eigenvalue weighted by Gasteiger charge is -2.37. The summed E-state index contributed by atoms with van der Waals surface area (Å²) in [5, 5.41) is 6.62. The van der Waals surface area contributed by atoms with Gasteiger partial charge in [0, 0.05) is 45.8 Å². The topological polar surface area (TPSA) is 52.1 Å². The van der Waals surface area contributed by atoms with Gasteiger partial charge >= 0.3 is 0 Å². The van der Waals surface area contributed by atoms with E-state index < -0.39 is 0 Å². The lowest BCUT2D eigenvalue weighted by molar-refractivity contribution is 0.107. The van der Waals surface area contributed by atoms with Gasteiger partial charge in [-0.25, -0.2) is 4.39 Å². The summed E-state index contributed by atoms with van der Waals surface area (Å²) in [4.78, 5) is 9.26. The first-order valence-corrected chi connectivity index (χ1v) is 9.85. The number of hydrogen-bond acceptors (Lipinski definition) is 4. The maximum Gasteiger partial charge on any atom is 0.191 e. The minimum atomic E-state index is -0.344. The number of hydrogen-bond donors (Lipinski definition) is 2. The molecule has 0 aliphatic carbocycles. The zero-order chi connectivity index (χ0) is 19.6. The summed E-state index contributed by atoms with van der Waals surface area (Å²) in [5.74, 6) is 0.663. The molecule has 2 atom stereocenters. The molecule has 0 aromatic heterocycles. The van der Waals surface area contributed by atoms with Crippen LogP contribution in [0.1, 0.15) is 20.8 Å². The van der Waals surface area contributed by atoms with Gasteiger partial charge < -0.3 is 20.3 Å². The molecule has 28 heavy (non-hydrogen) atoms. The Bertz CT molecular complexity index is 596. The number of halogens is 2.